The Kier molecular flexibility index (Phi) is 7.33. The first-order valence-electron chi connectivity index (χ1n) is 9.71. The summed E-state index contributed by atoms with van der Waals surface area (Å²) in [6.07, 6.45) is 5.02. The van der Waals surface area contributed by atoms with Crippen LogP contribution >= 0.6 is 0 Å². The molecule has 0 aliphatic carbocycles. The molecule has 3 aromatic rings. The molecule has 1 amide bonds. The minimum atomic E-state index is -0.162. The molecule has 4 nitrogen and oxygen atoms in total. The Balaban J connectivity index is 1.49. The lowest BCUT2D eigenvalue weighted by Crippen LogP contribution is -2.12. The lowest BCUT2D eigenvalue weighted by molar-refractivity contribution is 0.102. The third-order valence-electron chi connectivity index (χ3n) is 4.48. The van der Waals surface area contributed by atoms with Gasteiger partial charge in [-0.15, -0.1) is 0 Å². The van der Waals surface area contributed by atoms with Gasteiger partial charge in [0.25, 0.3) is 5.91 Å². The molecule has 0 radical (unpaired) electrons. The number of nitrogens with one attached hydrogen (secondary N) is 1. The molecule has 1 heterocycles. The Morgan fingerprint density at radius 2 is 1.71 bits per heavy atom. The number of carbonyl (C=O) groups is 1. The first-order valence-corrected chi connectivity index (χ1v) is 9.71. The van der Waals surface area contributed by atoms with E-state index in [-0.39, 0.29) is 5.91 Å². The molecule has 2 aromatic carbocycles. The smallest absolute Gasteiger partial charge is 0.257 e. The predicted molar refractivity (Wildman–Crippen MR) is 112 cm³/mol. The van der Waals surface area contributed by atoms with E-state index >= 15 is 0 Å². The predicted octanol–water partition coefficient (Wildman–Crippen LogP) is 5.39. The SMILES string of the molecule is CCCCc1ccc(NC(=O)c2ccc(COCc3ccccc3)nc2)cc1. The molecule has 0 fully saturated rings. The highest BCUT2D eigenvalue weighted by Crippen LogP contribution is 2.13. The summed E-state index contributed by atoms with van der Waals surface area (Å²) in [4.78, 5) is 16.7. The maximum atomic E-state index is 12.4. The Morgan fingerprint density at radius 3 is 2.39 bits per heavy atom. The molecule has 0 saturated heterocycles. The van der Waals surface area contributed by atoms with Gasteiger partial charge in [0.15, 0.2) is 0 Å². The minimum absolute atomic E-state index is 0.162. The van der Waals surface area contributed by atoms with Crippen molar-refractivity contribution in [2.75, 3.05) is 5.32 Å². The summed E-state index contributed by atoms with van der Waals surface area (Å²) in [5, 5.41) is 2.92. The van der Waals surface area contributed by atoms with Crippen LogP contribution in [0.1, 0.15) is 46.9 Å². The number of aryl methyl sites for hydroxylation is 1. The quantitative estimate of drug-likeness (QED) is 0.546. The standard InChI is InChI=1S/C24H26N2O2/c1-2-3-7-19-10-13-22(14-11-19)26-24(27)21-12-15-23(25-16-21)18-28-17-20-8-5-4-6-9-20/h4-6,8-16H,2-3,7,17-18H2,1H3,(H,26,27). The Bertz CT molecular complexity index is 859. The summed E-state index contributed by atoms with van der Waals surface area (Å²) in [7, 11) is 0. The molecule has 0 bridgehead atoms. The van der Waals surface area contributed by atoms with Crippen molar-refractivity contribution in [1.29, 1.82) is 0 Å². The zero-order valence-electron chi connectivity index (χ0n) is 16.2. The lowest BCUT2D eigenvalue weighted by atomic mass is 10.1. The minimum Gasteiger partial charge on any atom is -0.370 e. The van der Waals surface area contributed by atoms with Crippen LogP contribution in [-0.2, 0) is 24.4 Å². The number of amides is 1. The number of anilines is 1. The molecular formula is C24H26N2O2. The first-order chi connectivity index (χ1) is 13.7. The second-order valence-electron chi connectivity index (χ2n) is 6.77. The fourth-order valence-electron chi connectivity index (χ4n) is 2.83. The second kappa shape index (κ2) is 10.4. The topological polar surface area (TPSA) is 51.2 Å². The number of ether oxygens (including phenoxy) is 1. The summed E-state index contributed by atoms with van der Waals surface area (Å²) >= 11 is 0. The number of aromatic nitrogens is 1. The first kappa shape index (κ1) is 19.8. The van der Waals surface area contributed by atoms with Gasteiger partial charge >= 0.3 is 0 Å². The summed E-state index contributed by atoms with van der Waals surface area (Å²) in [6.45, 7) is 3.14. The number of carbonyl (C=O) groups excluding carboxylic acids is 1. The molecule has 0 unspecified atom stereocenters. The highest BCUT2D eigenvalue weighted by Gasteiger charge is 2.07. The van der Waals surface area contributed by atoms with E-state index in [1.54, 1.807) is 12.3 Å². The molecule has 0 aliphatic heterocycles. The molecular weight excluding hydrogens is 348 g/mol. The van der Waals surface area contributed by atoms with Gasteiger partial charge in [-0.1, -0.05) is 55.8 Å². The van der Waals surface area contributed by atoms with Gasteiger partial charge in [0.1, 0.15) is 0 Å². The molecule has 0 atom stereocenters. The van der Waals surface area contributed by atoms with Crippen molar-refractivity contribution in [1.82, 2.24) is 4.98 Å². The van der Waals surface area contributed by atoms with E-state index in [1.807, 2.05) is 48.5 Å². The second-order valence-corrected chi connectivity index (χ2v) is 6.77. The van der Waals surface area contributed by atoms with Gasteiger partial charge < -0.3 is 10.1 Å². The van der Waals surface area contributed by atoms with E-state index in [0.29, 0.717) is 18.8 Å². The number of hydrogen-bond acceptors (Lipinski definition) is 3. The number of rotatable bonds is 9. The molecule has 0 spiro atoms. The number of pyridine rings is 1. The third-order valence-corrected chi connectivity index (χ3v) is 4.48. The maximum Gasteiger partial charge on any atom is 0.257 e. The fourth-order valence-corrected chi connectivity index (χ4v) is 2.83. The fraction of sp³-hybridized carbons (Fsp3) is 0.250. The highest BCUT2D eigenvalue weighted by atomic mass is 16.5. The molecule has 0 aliphatic rings. The molecule has 4 heteroatoms. The van der Waals surface area contributed by atoms with Crippen molar-refractivity contribution in [3.05, 3.63) is 95.3 Å². The maximum absolute atomic E-state index is 12.4. The molecule has 1 N–H and O–H groups in total. The Hall–Kier alpha value is -2.98. The van der Waals surface area contributed by atoms with Crippen LogP contribution in [0.2, 0.25) is 0 Å². The van der Waals surface area contributed by atoms with E-state index in [2.05, 4.69) is 29.4 Å². The van der Waals surface area contributed by atoms with E-state index in [0.717, 1.165) is 23.4 Å². The van der Waals surface area contributed by atoms with Crippen LogP contribution in [0.3, 0.4) is 0 Å². The van der Waals surface area contributed by atoms with Crippen molar-refractivity contribution < 1.29 is 9.53 Å². The van der Waals surface area contributed by atoms with E-state index < -0.39 is 0 Å². The molecule has 28 heavy (non-hydrogen) atoms. The summed E-state index contributed by atoms with van der Waals surface area (Å²) in [5.41, 5.74) is 4.54. The number of hydrogen-bond donors (Lipinski definition) is 1. The van der Waals surface area contributed by atoms with Crippen LogP contribution in [-0.4, -0.2) is 10.9 Å². The van der Waals surface area contributed by atoms with Crippen LogP contribution in [0.15, 0.2) is 72.9 Å². The summed E-state index contributed by atoms with van der Waals surface area (Å²) in [6, 6.07) is 21.6. The van der Waals surface area contributed by atoms with Gasteiger partial charge in [0.05, 0.1) is 24.5 Å². The highest BCUT2D eigenvalue weighted by molar-refractivity contribution is 6.04. The van der Waals surface area contributed by atoms with E-state index in [9.17, 15) is 4.79 Å². The number of benzene rings is 2. The molecule has 1 aromatic heterocycles. The van der Waals surface area contributed by atoms with E-state index in [4.69, 9.17) is 4.74 Å². The number of nitrogens with zero attached hydrogens (tertiary/aromatic N) is 1. The summed E-state index contributed by atoms with van der Waals surface area (Å²) in [5.74, 6) is -0.162. The number of unbranched alkanes of at least 4 members (excludes halogenated alkanes) is 1. The van der Waals surface area contributed by atoms with Crippen LogP contribution in [0.4, 0.5) is 5.69 Å². The van der Waals surface area contributed by atoms with Crippen molar-refractivity contribution in [3.63, 3.8) is 0 Å². The van der Waals surface area contributed by atoms with Crippen LogP contribution < -0.4 is 5.32 Å². The van der Waals surface area contributed by atoms with Gasteiger partial charge in [-0.05, 0) is 48.2 Å². The Morgan fingerprint density at radius 1 is 0.929 bits per heavy atom. The van der Waals surface area contributed by atoms with Gasteiger partial charge in [-0.25, -0.2) is 0 Å². The van der Waals surface area contributed by atoms with E-state index in [1.165, 1.54) is 18.4 Å². The molecule has 3 rings (SSSR count). The Labute approximate surface area is 166 Å². The zero-order chi connectivity index (χ0) is 19.6. The van der Waals surface area contributed by atoms with Crippen LogP contribution in [0.5, 0.6) is 0 Å². The third kappa shape index (κ3) is 6.03. The average molecular weight is 374 g/mol. The monoisotopic (exact) mass is 374 g/mol. The molecule has 0 saturated carbocycles. The van der Waals surface area contributed by atoms with Crippen LogP contribution in [0.25, 0.3) is 0 Å². The van der Waals surface area contributed by atoms with Crippen molar-refractivity contribution in [2.24, 2.45) is 0 Å². The molecule has 144 valence electrons. The van der Waals surface area contributed by atoms with Crippen LogP contribution in [0, 0.1) is 0 Å². The van der Waals surface area contributed by atoms with Crippen molar-refractivity contribution >= 4 is 11.6 Å². The van der Waals surface area contributed by atoms with Gasteiger partial charge in [-0.3, -0.25) is 9.78 Å². The summed E-state index contributed by atoms with van der Waals surface area (Å²) < 4.78 is 5.68. The van der Waals surface area contributed by atoms with Crippen molar-refractivity contribution in [3.8, 4) is 0 Å². The zero-order valence-corrected chi connectivity index (χ0v) is 16.2. The normalized spacial score (nSPS) is 10.6. The average Bonchev–Trinajstić information content (AvgIpc) is 2.74. The van der Waals surface area contributed by atoms with Gasteiger partial charge in [-0.2, -0.15) is 0 Å². The van der Waals surface area contributed by atoms with Crippen molar-refractivity contribution in [2.45, 2.75) is 39.4 Å². The lowest BCUT2D eigenvalue weighted by Gasteiger charge is -2.08. The van der Waals surface area contributed by atoms with Gasteiger partial charge in [0.2, 0.25) is 0 Å². The van der Waals surface area contributed by atoms with Gasteiger partial charge in [0, 0.05) is 11.9 Å². The largest absolute Gasteiger partial charge is 0.370 e.